The Morgan fingerprint density at radius 1 is 1.00 bits per heavy atom. The molecule has 0 N–H and O–H groups in total. The summed E-state index contributed by atoms with van der Waals surface area (Å²) < 4.78 is 6.76. The highest BCUT2D eigenvalue weighted by atomic mass is 79.9. The van der Waals surface area contributed by atoms with Crippen molar-refractivity contribution in [2.45, 2.75) is 13.8 Å². The summed E-state index contributed by atoms with van der Waals surface area (Å²) in [7, 11) is 0. The van der Waals surface area contributed by atoms with E-state index in [9.17, 15) is 0 Å². The molecule has 0 atom stereocenters. The zero-order chi connectivity index (χ0) is 14.1. The molecular formula is C16H13BrN2O. The molecule has 0 spiro atoms. The molecule has 0 fully saturated rings. The number of fused-ring (bicyclic) bond motifs is 1. The van der Waals surface area contributed by atoms with E-state index in [0.29, 0.717) is 5.88 Å². The van der Waals surface area contributed by atoms with Gasteiger partial charge in [0, 0.05) is 0 Å². The van der Waals surface area contributed by atoms with Crippen molar-refractivity contribution in [2.75, 3.05) is 0 Å². The van der Waals surface area contributed by atoms with Gasteiger partial charge in [0.15, 0.2) is 0 Å². The van der Waals surface area contributed by atoms with Crippen molar-refractivity contribution in [2.24, 2.45) is 0 Å². The first kappa shape index (κ1) is 13.1. The second-order valence-electron chi connectivity index (χ2n) is 4.58. The van der Waals surface area contributed by atoms with Gasteiger partial charge in [-0.2, -0.15) is 0 Å². The van der Waals surface area contributed by atoms with Crippen molar-refractivity contribution in [3.63, 3.8) is 0 Å². The van der Waals surface area contributed by atoms with Gasteiger partial charge in [0.25, 0.3) is 0 Å². The molecule has 100 valence electrons. The Labute approximate surface area is 125 Å². The minimum absolute atomic E-state index is 0.504. The summed E-state index contributed by atoms with van der Waals surface area (Å²) in [5.74, 6) is 1.24. The van der Waals surface area contributed by atoms with Crippen molar-refractivity contribution < 1.29 is 4.74 Å². The summed E-state index contributed by atoms with van der Waals surface area (Å²) in [5.41, 5.74) is 1.79. The van der Waals surface area contributed by atoms with E-state index in [1.54, 1.807) is 6.20 Å². The molecule has 4 heteroatoms. The van der Waals surface area contributed by atoms with Gasteiger partial charge < -0.3 is 4.74 Å². The third-order valence-electron chi connectivity index (χ3n) is 3.21. The number of aromatic nitrogens is 2. The van der Waals surface area contributed by atoms with Crippen LogP contribution in [0, 0.1) is 13.8 Å². The van der Waals surface area contributed by atoms with Crippen LogP contribution < -0.4 is 4.74 Å². The molecule has 0 saturated carbocycles. The highest BCUT2D eigenvalue weighted by Gasteiger charge is 2.08. The number of hydrogen-bond acceptors (Lipinski definition) is 3. The lowest BCUT2D eigenvalue weighted by atomic mass is 10.1. The molecular weight excluding hydrogens is 316 g/mol. The summed E-state index contributed by atoms with van der Waals surface area (Å²) in [5, 5.41) is 2.28. The molecule has 0 aliphatic heterocycles. The molecule has 2 aromatic carbocycles. The van der Waals surface area contributed by atoms with Crippen molar-refractivity contribution >= 4 is 26.7 Å². The number of hydrogen-bond donors (Lipinski definition) is 0. The second-order valence-corrected chi connectivity index (χ2v) is 5.37. The molecule has 20 heavy (non-hydrogen) atoms. The van der Waals surface area contributed by atoms with E-state index in [0.717, 1.165) is 32.4 Å². The second kappa shape index (κ2) is 5.21. The lowest BCUT2D eigenvalue weighted by Gasteiger charge is -2.10. The Balaban J connectivity index is 2.02. The highest BCUT2D eigenvalue weighted by Crippen LogP contribution is 2.35. The summed E-state index contributed by atoms with van der Waals surface area (Å²) in [4.78, 5) is 8.65. The number of aryl methyl sites for hydroxylation is 2. The average Bonchev–Trinajstić information content (AvgIpc) is 2.46. The predicted molar refractivity (Wildman–Crippen MR) is 83.2 cm³/mol. The van der Waals surface area contributed by atoms with Crippen LogP contribution in [-0.4, -0.2) is 9.97 Å². The zero-order valence-corrected chi connectivity index (χ0v) is 12.8. The zero-order valence-electron chi connectivity index (χ0n) is 11.2. The quantitative estimate of drug-likeness (QED) is 0.677. The number of benzene rings is 2. The minimum Gasteiger partial charge on any atom is -0.436 e. The van der Waals surface area contributed by atoms with Gasteiger partial charge >= 0.3 is 0 Å². The molecule has 0 saturated heterocycles. The van der Waals surface area contributed by atoms with Crippen LogP contribution in [0.5, 0.6) is 11.6 Å². The molecule has 1 heterocycles. The van der Waals surface area contributed by atoms with Crippen molar-refractivity contribution in [1.82, 2.24) is 9.97 Å². The summed E-state index contributed by atoms with van der Waals surface area (Å²) in [6, 6.07) is 12.1. The van der Waals surface area contributed by atoms with Gasteiger partial charge in [0.05, 0.1) is 22.1 Å². The van der Waals surface area contributed by atoms with Crippen LogP contribution in [0.1, 0.15) is 11.4 Å². The molecule has 3 rings (SSSR count). The van der Waals surface area contributed by atoms with E-state index < -0.39 is 0 Å². The molecule has 0 amide bonds. The maximum atomic E-state index is 5.83. The van der Waals surface area contributed by atoms with Crippen LogP contribution in [0.15, 0.2) is 47.1 Å². The molecule has 3 nitrogen and oxygen atoms in total. The number of rotatable bonds is 2. The lowest BCUT2D eigenvalue weighted by Crippen LogP contribution is -1.95. The first-order valence-electron chi connectivity index (χ1n) is 6.30. The molecule has 3 aromatic rings. The van der Waals surface area contributed by atoms with Crippen LogP contribution in [0.25, 0.3) is 10.8 Å². The summed E-state index contributed by atoms with van der Waals surface area (Å²) >= 11 is 3.60. The van der Waals surface area contributed by atoms with Crippen LogP contribution >= 0.6 is 15.9 Å². The van der Waals surface area contributed by atoms with Gasteiger partial charge in [-0.05, 0) is 46.6 Å². The first-order valence-corrected chi connectivity index (χ1v) is 7.10. The molecule has 0 unspecified atom stereocenters. The third kappa shape index (κ3) is 2.39. The summed E-state index contributed by atoms with van der Waals surface area (Å²) in [6.45, 7) is 3.85. The van der Waals surface area contributed by atoms with Gasteiger partial charge in [-0.1, -0.05) is 30.3 Å². The average molecular weight is 329 g/mol. The fourth-order valence-electron chi connectivity index (χ4n) is 1.97. The monoisotopic (exact) mass is 328 g/mol. The van der Waals surface area contributed by atoms with Crippen LogP contribution in [0.3, 0.4) is 0 Å². The third-order valence-corrected chi connectivity index (χ3v) is 4.03. The van der Waals surface area contributed by atoms with Gasteiger partial charge in [0.2, 0.25) is 5.88 Å². The smallest absolute Gasteiger partial charge is 0.238 e. The number of nitrogens with zero attached hydrogens (tertiary/aromatic N) is 2. The lowest BCUT2D eigenvalue weighted by molar-refractivity contribution is 0.456. The van der Waals surface area contributed by atoms with E-state index in [2.05, 4.69) is 38.0 Å². The topological polar surface area (TPSA) is 35.0 Å². The summed E-state index contributed by atoms with van der Waals surface area (Å²) in [6.07, 6.45) is 1.64. The van der Waals surface area contributed by atoms with Gasteiger partial charge in [-0.25, -0.2) is 4.98 Å². The predicted octanol–water partition coefficient (Wildman–Crippen LogP) is 4.80. The van der Waals surface area contributed by atoms with Crippen LogP contribution in [-0.2, 0) is 0 Å². The number of halogens is 1. The van der Waals surface area contributed by atoms with Gasteiger partial charge in [-0.3, -0.25) is 4.98 Å². The van der Waals surface area contributed by atoms with Crippen molar-refractivity contribution in [1.29, 1.82) is 0 Å². The molecule has 0 aliphatic rings. The van der Waals surface area contributed by atoms with Crippen molar-refractivity contribution in [3.05, 3.63) is 58.5 Å². The van der Waals surface area contributed by atoms with E-state index in [-0.39, 0.29) is 0 Å². The Morgan fingerprint density at radius 2 is 1.80 bits per heavy atom. The largest absolute Gasteiger partial charge is 0.436 e. The van der Waals surface area contributed by atoms with Gasteiger partial charge in [-0.15, -0.1) is 0 Å². The van der Waals surface area contributed by atoms with E-state index in [1.165, 1.54) is 0 Å². The number of ether oxygens (including phenoxy) is 1. The van der Waals surface area contributed by atoms with E-state index >= 15 is 0 Å². The molecule has 1 aromatic heterocycles. The Hall–Kier alpha value is -1.94. The maximum absolute atomic E-state index is 5.83. The fourth-order valence-corrected chi connectivity index (χ4v) is 2.55. The Morgan fingerprint density at radius 3 is 2.60 bits per heavy atom. The molecule has 0 bridgehead atoms. The van der Waals surface area contributed by atoms with E-state index in [1.807, 2.05) is 38.1 Å². The first-order chi connectivity index (χ1) is 9.65. The molecule has 0 radical (unpaired) electrons. The maximum Gasteiger partial charge on any atom is 0.238 e. The van der Waals surface area contributed by atoms with E-state index in [4.69, 9.17) is 4.74 Å². The highest BCUT2D eigenvalue weighted by molar-refractivity contribution is 9.10. The minimum atomic E-state index is 0.504. The Bertz CT molecular complexity index is 787. The fraction of sp³-hybridized carbons (Fsp3) is 0.125. The van der Waals surface area contributed by atoms with Crippen molar-refractivity contribution in [3.8, 4) is 11.6 Å². The van der Waals surface area contributed by atoms with Crippen LogP contribution in [0.2, 0.25) is 0 Å². The Kier molecular flexibility index (Phi) is 3.40. The standard InChI is InChI=1S/C16H13BrN2O/c1-10-11(2)19-15(9-18-10)20-14-8-7-12-5-3-4-6-13(12)16(14)17/h3-9H,1-2H3. The van der Waals surface area contributed by atoms with Gasteiger partial charge in [0.1, 0.15) is 5.75 Å². The van der Waals surface area contributed by atoms with Crippen LogP contribution in [0.4, 0.5) is 0 Å². The SMILES string of the molecule is Cc1ncc(Oc2ccc3ccccc3c2Br)nc1C. The molecule has 0 aliphatic carbocycles. The normalized spacial score (nSPS) is 10.8.